The molecule has 0 unspecified atom stereocenters. The fourth-order valence-electron chi connectivity index (χ4n) is 2.69. The van der Waals surface area contributed by atoms with Crippen molar-refractivity contribution in [3.05, 3.63) is 34.0 Å². The molecule has 1 aliphatic carbocycles. The van der Waals surface area contributed by atoms with Crippen LogP contribution in [0.3, 0.4) is 0 Å². The molecule has 0 bridgehead atoms. The Labute approximate surface area is 150 Å². The summed E-state index contributed by atoms with van der Waals surface area (Å²) in [4.78, 5) is 18.0. The second-order valence-electron chi connectivity index (χ2n) is 5.74. The van der Waals surface area contributed by atoms with Crippen LogP contribution in [0.5, 0.6) is 17.2 Å². The maximum atomic E-state index is 12.5. The number of rotatable bonds is 6. The van der Waals surface area contributed by atoms with Gasteiger partial charge >= 0.3 is 0 Å². The van der Waals surface area contributed by atoms with Gasteiger partial charge in [0.15, 0.2) is 5.75 Å². The Bertz CT molecular complexity index is 935. The van der Waals surface area contributed by atoms with Gasteiger partial charge in [-0.3, -0.25) is 4.79 Å². The summed E-state index contributed by atoms with van der Waals surface area (Å²) in [6, 6.07) is 5.82. The van der Waals surface area contributed by atoms with Gasteiger partial charge in [-0.15, -0.1) is 11.3 Å². The summed E-state index contributed by atoms with van der Waals surface area (Å²) in [6.45, 7) is 4.62. The first-order valence-electron chi connectivity index (χ1n) is 8.22. The Morgan fingerprint density at radius 2 is 1.92 bits per heavy atom. The van der Waals surface area contributed by atoms with Gasteiger partial charge in [0.2, 0.25) is 11.2 Å². The number of aromatic nitrogens is 1. The third-order valence-corrected chi connectivity index (χ3v) is 5.32. The lowest BCUT2D eigenvalue weighted by Crippen LogP contribution is -2.13. The van der Waals surface area contributed by atoms with Crippen LogP contribution in [-0.2, 0) is 0 Å². The van der Waals surface area contributed by atoms with Crippen LogP contribution < -0.4 is 19.6 Å². The first-order valence-corrected chi connectivity index (χ1v) is 9.04. The van der Waals surface area contributed by atoms with Crippen LogP contribution in [-0.4, -0.2) is 25.8 Å². The summed E-state index contributed by atoms with van der Waals surface area (Å²) >= 11 is 1.52. The van der Waals surface area contributed by atoms with Crippen molar-refractivity contribution in [3.63, 3.8) is 0 Å². The number of unbranched alkanes of at least 4 members (excludes halogenated alkanes) is 1. The summed E-state index contributed by atoms with van der Waals surface area (Å²) in [5.41, 5.74) is 1.93. The number of hydrogen-bond donors (Lipinski definition) is 0. The van der Waals surface area contributed by atoms with Crippen molar-refractivity contribution in [2.75, 3.05) is 20.8 Å². The van der Waals surface area contributed by atoms with E-state index in [1.807, 2.05) is 18.2 Å². The molecule has 132 valence electrons. The average Bonchev–Trinajstić information content (AvgIpc) is 2.63. The lowest BCUT2D eigenvalue weighted by atomic mass is 10.1. The lowest BCUT2D eigenvalue weighted by molar-refractivity contribution is 0.310. The molecular formula is C19H21NO4S. The van der Waals surface area contributed by atoms with Gasteiger partial charge in [0.05, 0.1) is 35.9 Å². The van der Waals surface area contributed by atoms with Crippen LogP contribution in [0.2, 0.25) is 0 Å². The van der Waals surface area contributed by atoms with Crippen LogP contribution in [0.4, 0.5) is 0 Å². The normalized spacial score (nSPS) is 11.0. The number of hydrogen-bond acceptors (Lipinski definition) is 6. The van der Waals surface area contributed by atoms with E-state index in [-0.39, 0.29) is 11.2 Å². The summed E-state index contributed by atoms with van der Waals surface area (Å²) < 4.78 is 17.4. The molecular weight excluding hydrogens is 338 g/mol. The van der Waals surface area contributed by atoms with E-state index in [9.17, 15) is 4.79 Å². The average molecular weight is 359 g/mol. The number of fused-ring (bicyclic) bond motifs is 2. The van der Waals surface area contributed by atoms with Crippen LogP contribution in [0.15, 0.2) is 23.0 Å². The zero-order valence-electron chi connectivity index (χ0n) is 14.8. The maximum absolute atomic E-state index is 12.5. The van der Waals surface area contributed by atoms with Crippen molar-refractivity contribution in [2.45, 2.75) is 26.7 Å². The van der Waals surface area contributed by atoms with Gasteiger partial charge in [0, 0.05) is 5.56 Å². The maximum Gasteiger partial charge on any atom is 0.228 e. The number of ether oxygens (including phenoxy) is 3. The zero-order valence-corrected chi connectivity index (χ0v) is 15.7. The molecule has 2 aliphatic rings. The quantitative estimate of drug-likeness (QED) is 0.486. The van der Waals surface area contributed by atoms with Gasteiger partial charge in [-0.05, 0) is 31.5 Å². The van der Waals surface area contributed by atoms with Gasteiger partial charge in [-0.1, -0.05) is 13.3 Å². The van der Waals surface area contributed by atoms with E-state index in [1.165, 1.54) is 25.6 Å². The molecule has 0 aromatic heterocycles. The smallest absolute Gasteiger partial charge is 0.228 e. The third kappa shape index (κ3) is 3.14. The number of nitrogens with zero attached hydrogens (tertiary/aromatic N) is 1. The fraction of sp³-hybridized carbons (Fsp3) is 0.368. The molecule has 0 N–H and O–H groups in total. The van der Waals surface area contributed by atoms with Crippen molar-refractivity contribution in [1.82, 2.24) is 4.98 Å². The van der Waals surface area contributed by atoms with E-state index in [4.69, 9.17) is 19.2 Å². The Morgan fingerprint density at radius 1 is 1.16 bits per heavy atom. The molecule has 1 aromatic rings. The van der Waals surface area contributed by atoms with E-state index in [0.29, 0.717) is 23.6 Å². The lowest BCUT2D eigenvalue weighted by Gasteiger charge is -2.16. The molecule has 5 nitrogen and oxygen atoms in total. The van der Waals surface area contributed by atoms with Crippen molar-refractivity contribution >= 4 is 21.6 Å². The van der Waals surface area contributed by atoms with Crippen molar-refractivity contribution in [2.24, 2.45) is 0 Å². The van der Waals surface area contributed by atoms with E-state index in [1.54, 1.807) is 6.92 Å². The molecule has 0 amide bonds. The molecule has 1 heterocycles. The number of benzene rings is 2. The second kappa shape index (κ2) is 7.27. The van der Waals surface area contributed by atoms with Gasteiger partial charge in [-0.25, -0.2) is 4.98 Å². The molecule has 0 spiro atoms. The van der Waals surface area contributed by atoms with E-state index in [0.717, 1.165) is 33.7 Å². The molecule has 0 atom stereocenters. The van der Waals surface area contributed by atoms with Crippen LogP contribution in [0.1, 0.15) is 25.3 Å². The SMILES string of the molecule is CCCCOc1ccc2nc3c(OC)c(OC)c(=O)c(C)c-3sc2c1. The molecule has 6 heteroatoms. The van der Waals surface area contributed by atoms with Crippen molar-refractivity contribution < 1.29 is 14.2 Å². The Hall–Kier alpha value is -2.34. The largest absolute Gasteiger partial charge is 0.494 e. The second-order valence-corrected chi connectivity index (χ2v) is 6.80. The standard InChI is InChI=1S/C19H21NO4S/c1-5-6-9-24-12-7-8-13-14(10-12)25-19-11(2)16(21)18(23-4)17(22-3)15(19)20-13/h7-8,10H,5-6,9H2,1-4H3. The Morgan fingerprint density at radius 3 is 2.60 bits per heavy atom. The summed E-state index contributed by atoms with van der Waals surface area (Å²) in [6.07, 6.45) is 2.11. The highest BCUT2D eigenvalue weighted by molar-refractivity contribution is 7.21. The fourth-order valence-corrected chi connectivity index (χ4v) is 3.78. The van der Waals surface area contributed by atoms with Crippen LogP contribution in [0, 0.1) is 6.92 Å². The number of methoxy groups -OCH3 is 2. The summed E-state index contributed by atoms with van der Waals surface area (Å²) in [5.74, 6) is 1.40. The highest BCUT2D eigenvalue weighted by atomic mass is 32.1. The van der Waals surface area contributed by atoms with Crippen LogP contribution >= 0.6 is 11.3 Å². The minimum atomic E-state index is -0.167. The monoisotopic (exact) mass is 359 g/mol. The van der Waals surface area contributed by atoms with Crippen molar-refractivity contribution in [3.8, 4) is 27.8 Å². The minimum absolute atomic E-state index is 0.167. The van der Waals surface area contributed by atoms with E-state index >= 15 is 0 Å². The molecule has 25 heavy (non-hydrogen) atoms. The summed E-state index contributed by atoms with van der Waals surface area (Å²) in [5, 5.41) is 0. The van der Waals surface area contributed by atoms with E-state index in [2.05, 4.69) is 6.92 Å². The molecule has 0 fully saturated rings. The van der Waals surface area contributed by atoms with Gasteiger partial charge in [0.25, 0.3) is 0 Å². The zero-order chi connectivity index (χ0) is 18.0. The van der Waals surface area contributed by atoms with Crippen LogP contribution in [0.25, 0.3) is 20.8 Å². The molecule has 3 rings (SSSR count). The van der Waals surface area contributed by atoms with E-state index < -0.39 is 0 Å². The summed E-state index contributed by atoms with van der Waals surface area (Å²) in [7, 11) is 2.99. The first-order chi connectivity index (χ1) is 12.1. The molecule has 0 saturated carbocycles. The van der Waals surface area contributed by atoms with Gasteiger partial charge < -0.3 is 14.2 Å². The van der Waals surface area contributed by atoms with Crippen molar-refractivity contribution in [1.29, 1.82) is 0 Å². The Balaban J connectivity index is 2.20. The Kier molecular flexibility index (Phi) is 5.08. The minimum Gasteiger partial charge on any atom is -0.494 e. The topological polar surface area (TPSA) is 57.6 Å². The predicted molar refractivity (Wildman–Crippen MR) is 101 cm³/mol. The predicted octanol–water partition coefficient (Wildman–Crippen LogP) is 4.27. The molecule has 1 aromatic carbocycles. The molecule has 1 aliphatic heterocycles. The molecule has 0 saturated heterocycles. The highest BCUT2D eigenvalue weighted by Gasteiger charge is 2.24. The molecule has 0 radical (unpaired) electrons. The third-order valence-electron chi connectivity index (χ3n) is 4.07. The van der Waals surface area contributed by atoms with Gasteiger partial charge in [0.1, 0.15) is 11.4 Å². The first kappa shape index (κ1) is 17.5. The highest BCUT2D eigenvalue weighted by Crippen LogP contribution is 2.42. The van der Waals surface area contributed by atoms with Gasteiger partial charge in [-0.2, -0.15) is 0 Å².